The van der Waals surface area contributed by atoms with Crippen molar-refractivity contribution in [2.24, 2.45) is 10.2 Å². The Labute approximate surface area is 182 Å². The van der Waals surface area contributed by atoms with E-state index in [1.165, 1.54) is 24.3 Å². The number of fused-ring (bicyclic) bond motifs is 1. The van der Waals surface area contributed by atoms with Gasteiger partial charge in [-0.25, -0.2) is 8.42 Å². The smallest absolute Gasteiger partial charge is 0.298 e. The first-order valence-electron chi connectivity index (χ1n) is 8.38. The van der Waals surface area contributed by atoms with E-state index in [9.17, 15) is 39.5 Å². The number of rotatable bonds is 6. The minimum Gasteiger partial charge on any atom is -0.504 e. The number of hydrogen-bond acceptors (Lipinski definition) is 9. The molecule has 0 saturated heterocycles. The number of aromatic hydroxyl groups is 1. The third-order valence-corrected chi connectivity index (χ3v) is 7.33. The molecule has 0 bridgehead atoms. The Hall–Kier alpha value is -3.17. The molecule has 0 aliphatic carbocycles. The molecule has 0 heterocycles. The second-order valence-corrected chi connectivity index (χ2v) is 11.0. The predicted octanol–water partition coefficient (Wildman–Crippen LogP) is 3.37. The summed E-state index contributed by atoms with van der Waals surface area (Å²) in [6.45, 7) is 3.21. The Morgan fingerprint density at radius 1 is 0.781 bits per heavy atom. The maximum Gasteiger partial charge on any atom is 0.298 e. The van der Waals surface area contributed by atoms with Crippen LogP contribution in [-0.4, -0.2) is 39.5 Å². The highest BCUT2D eigenvalue weighted by atomic mass is 32.2. The summed E-state index contributed by atoms with van der Waals surface area (Å²) in [6, 6.07) is 8.94. The van der Waals surface area contributed by atoms with E-state index in [2.05, 4.69) is 16.8 Å². The maximum atomic E-state index is 11.8. The lowest BCUT2D eigenvalue weighted by atomic mass is 10.1. The summed E-state index contributed by atoms with van der Waals surface area (Å²) in [7, 11) is -13.2. The van der Waals surface area contributed by atoms with E-state index in [4.69, 9.17) is 0 Å². The van der Waals surface area contributed by atoms with Crippen LogP contribution in [0.5, 0.6) is 5.75 Å². The van der Waals surface area contributed by atoms with Crippen LogP contribution in [-0.2, 0) is 30.1 Å². The molecule has 0 atom stereocenters. The normalized spacial score (nSPS) is 12.9. The summed E-state index contributed by atoms with van der Waals surface area (Å²) in [4.78, 5) is -1.57. The van der Waals surface area contributed by atoms with Crippen molar-refractivity contribution in [3.63, 3.8) is 0 Å². The van der Waals surface area contributed by atoms with Gasteiger partial charge >= 0.3 is 0 Å². The van der Waals surface area contributed by atoms with Crippen molar-refractivity contribution in [2.45, 2.75) is 14.7 Å². The van der Waals surface area contributed by atoms with Gasteiger partial charge in [0, 0.05) is 10.8 Å². The standard InChI is InChI=1S/C18H14N2O9S3/c1-2-30(22,23)13-5-3-12(4-6-13)19-20-17-15-8-7-14(31(24,25)26)9-11(15)10-16(18(17)21)32(27,28)29/h2-10,21H,1H2,(H,24,25,26)(H,27,28,29). The van der Waals surface area contributed by atoms with Crippen molar-refractivity contribution in [3.8, 4) is 5.75 Å². The fraction of sp³-hybridized carbons (Fsp3) is 0. The van der Waals surface area contributed by atoms with Crippen LogP contribution in [0.4, 0.5) is 11.4 Å². The zero-order chi connectivity index (χ0) is 23.9. The van der Waals surface area contributed by atoms with Gasteiger partial charge in [0.2, 0.25) is 0 Å². The average molecular weight is 499 g/mol. The lowest BCUT2D eigenvalue weighted by Crippen LogP contribution is -2.00. The topological polar surface area (TPSA) is 188 Å². The van der Waals surface area contributed by atoms with Gasteiger partial charge < -0.3 is 5.11 Å². The third kappa shape index (κ3) is 4.68. The average Bonchev–Trinajstić information content (AvgIpc) is 2.71. The molecule has 11 nitrogen and oxygen atoms in total. The van der Waals surface area contributed by atoms with E-state index < -0.39 is 51.3 Å². The zero-order valence-corrected chi connectivity index (χ0v) is 18.3. The van der Waals surface area contributed by atoms with E-state index in [-0.39, 0.29) is 21.4 Å². The molecule has 0 aromatic heterocycles. The largest absolute Gasteiger partial charge is 0.504 e. The van der Waals surface area contributed by atoms with Gasteiger partial charge in [0.05, 0.1) is 15.5 Å². The Balaban J connectivity index is 2.20. The van der Waals surface area contributed by atoms with Crippen LogP contribution >= 0.6 is 0 Å². The fourth-order valence-electron chi connectivity index (χ4n) is 2.69. The van der Waals surface area contributed by atoms with Crippen LogP contribution in [0.25, 0.3) is 10.8 Å². The second-order valence-electron chi connectivity index (χ2n) is 6.31. The molecule has 3 aromatic carbocycles. The van der Waals surface area contributed by atoms with Gasteiger partial charge in [-0.05, 0) is 47.9 Å². The highest BCUT2D eigenvalue weighted by Gasteiger charge is 2.23. The molecule has 3 aromatic rings. The van der Waals surface area contributed by atoms with Crippen molar-refractivity contribution in [1.29, 1.82) is 0 Å². The highest BCUT2D eigenvalue weighted by Crippen LogP contribution is 2.41. The molecule has 0 aliphatic heterocycles. The molecule has 14 heteroatoms. The van der Waals surface area contributed by atoms with Gasteiger partial charge in [0.15, 0.2) is 15.6 Å². The summed E-state index contributed by atoms with van der Waals surface area (Å²) in [5.41, 5.74) is -0.285. The number of nitrogens with zero attached hydrogens (tertiary/aromatic N) is 2. The molecule has 0 aliphatic rings. The molecule has 0 saturated carbocycles. The summed E-state index contributed by atoms with van der Waals surface area (Å²) in [5, 5.41) is 18.7. The van der Waals surface area contributed by atoms with Crippen LogP contribution in [0.2, 0.25) is 0 Å². The molecule has 3 N–H and O–H groups in total. The molecule has 0 radical (unpaired) electrons. The first kappa shape index (κ1) is 23.5. The van der Waals surface area contributed by atoms with Gasteiger partial charge in [-0.2, -0.15) is 21.9 Å². The Kier molecular flexibility index (Phi) is 5.92. The first-order valence-corrected chi connectivity index (χ1v) is 12.8. The predicted molar refractivity (Wildman–Crippen MR) is 113 cm³/mol. The summed E-state index contributed by atoms with van der Waals surface area (Å²) in [6.07, 6.45) is 0. The van der Waals surface area contributed by atoms with Crippen molar-refractivity contribution < 1.29 is 39.5 Å². The van der Waals surface area contributed by atoms with Crippen LogP contribution in [0.3, 0.4) is 0 Å². The number of hydrogen-bond donors (Lipinski definition) is 3. The van der Waals surface area contributed by atoms with E-state index in [0.717, 1.165) is 29.7 Å². The van der Waals surface area contributed by atoms with Crippen molar-refractivity contribution in [1.82, 2.24) is 0 Å². The summed E-state index contributed by atoms with van der Waals surface area (Å²) < 4.78 is 88.2. The number of phenolic OH excluding ortho intramolecular Hbond substituents is 1. The van der Waals surface area contributed by atoms with Crippen molar-refractivity contribution in [2.75, 3.05) is 0 Å². The van der Waals surface area contributed by atoms with E-state index in [1.54, 1.807) is 0 Å². The molecule has 0 amide bonds. The monoisotopic (exact) mass is 498 g/mol. The van der Waals surface area contributed by atoms with E-state index >= 15 is 0 Å². The fourth-order valence-corrected chi connectivity index (χ4v) is 4.54. The van der Waals surface area contributed by atoms with Gasteiger partial charge in [-0.1, -0.05) is 12.6 Å². The van der Waals surface area contributed by atoms with Crippen LogP contribution in [0.15, 0.2) is 85.4 Å². The minimum atomic E-state index is -4.94. The molecule has 0 spiro atoms. The maximum absolute atomic E-state index is 11.8. The minimum absolute atomic E-state index is 0.0501. The molecule has 0 fully saturated rings. The molecule has 0 unspecified atom stereocenters. The molecule has 168 valence electrons. The Morgan fingerprint density at radius 3 is 1.91 bits per heavy atom. The number of benzene rings is 3. The molecule has 3 rings (SSSR count). The van der Waals surface area contributed by atoms with Gasteiger partial charge in [-0.15, -0.1) is 5.11 Å². The van der Waals surface area contributed by atoms with Crippen molar-refractivity contribution >= 4 is 52.2 Å². The summed E-state index contributed by atoms with van der Waals surface area (Å²) in [5.74, 6) is -0.950. The lowest BCUT2D eigenvalue weighted by molar-refractivity contribution is 0.445. The van der Waals surface area contributed by atoms with Gasteiger partial charge in [0.1, 0.15) is 10.6 Å². The molecular formula is C18H14N2O9S3. The van der Waals surface area contributed by atoms with Crippen LogP contribution in [0.1, 0.15) is 0 Å². The second kappa shape index (κ2) is 8.07. The lowest BCUT2D eigenvalue weighted by Gasteiger charge is -2.09. The van der Waals surface area contributed by atoms with Gasteiger partial charge in [0.25, 0.3) is 20.2 Å². The molecule has 32 heavy (non-hydrogen) atoms. The third-order valence-electron chi connectivity index (χ3n) is 4.25. The SMILES string of the molecule is C=CS(=O)(=O)c1ccc(N=Nc2c(O)c(S(=O)(=O)O)cc3cc(S(=O)(=O)O)ccc23)cc1. The van der Waals surface area contributed by atoms with Gasteiger partial charge in [-0.3, -0.25) is 9.11 Å². The van der Waals surface area contributed by atoms with E-state index in [0.29, 0.717) is 0 Å². The zero-order valence-electron chi connectivity index (χ0n) is 15.8. The quantitative estimate of drug-likeness (QED) is 0.338. The number of sulfone groups is 1. The summed E-state index contributed by atoms with van der Waals surface area (Å²) >= 11 is 0. The Bertz CT molecular complexity index is 1590. The first-order chi connectivity index (χ1) is 14.7. The highest BCUT2D eigenvalue weighted by molar-refractivity contribution is 7.94. The Morgan fingerprint density at radius 2 is 1.38 bits per heavy atom. The molecular weight excluding hydrogens is 484 g/mol. The number of azo groups is 1. The van der Waals surface area contributed by atoms with E-state index in [1.807, 2.05) is 0 Å². The number of phenols is 1. The van der Waals surface area contributed by atoms with Crippen LogP contribution in [0, 0.1) is 0 Å². The van der Waals surface area contributed by atoms with Crippen LogP contribution < -0.4 is 0 Å². The van der Waals surface area contributed by atoms with Crippen molar-refractivity contribution in [3.05, 3.63) is 60.5 Å².